The van der Waals surface area contributed by atoms with Crippen LogP contribution in [0, 0.1) is 11.8 Å². The van der Waals surface area contributed by atoms with Gasteiger partial charge in [0.05, 0.1) is 6.04 Å². The minimum absolute atomic E-state index is 0.364. The summed E-state index contributed by atoms with van der Waals surface area (Å²) in [6.45, 7) is 4.14. The zero-order valence-electron chi connectivity index (χ0n) is 8.57. The highest BCUT2D eigenvalue weighted by Gasteiger charge is 2.32. The predicted octanol–water partition coefficient (Wildman–Crippen LogP) is 1.99. The van der Waals surface area contributed by atoms with E-state index in [1.807, 2.05) is 0 Å². The van der Waals surface area contributed by atoms with Gasteiger partial charge in [0, 0.05) is 11.4 Å². The highest BCUT2D eigenvalue weighted by atomic mass is 32.1. The van der Waals surface area contributed by atoms with Gasteiger partial charge in [-0.3, -0.25) is 0 Å². The summed E-state index contributed by atoms with van der Waals surface area (Å²) in [6, 6.07) is 4.61. The molecule has 1 aliphatic carbocycles. The van der Waals surface area contributed by atoms with Crippen LogP contribution in [0.2, 0.25) is 0 Å². The molecule has 78 valence electrons. The van der Waals surface area contributed by atoms with Crippen molar-refractivity contribution in [2.45, 2.75) is 19.4 Å². The Hall–Kier alpha value is -0.380. The molecule has 1 aromatic heterocycles. The fraction of sp³-hybridized carbons (Fsp3) is 0.636. The van der Waals surface area contributed by atoms with E-state index in [1.165, 1.54) is 11.3 Å². The van der Waals surface area contributed by atoms with Crippen molar-refractivity contribution in [3.8, 4) is 0 Å². The van der Waals surface area contributed by atoms with Gasteiger partial charge in [0.15, 0.2) is 0 Å². The largest absolute Gasteiger partial charge is 0.329 e. The highest BCUT2D eigenvalue weighted by molar-refractivity contribution is 7.10. The van der Waals surface area contributed by atoms with Crippen LogP contribution in [0.5, 0.6) is 0 Å². The average molecular weight is 210 g/mol. The Bertz CT molecular complexity index is 271. The molecule has 14 heavy (non-hydrogen) atoms. The summed E-state index contributed by atoms with van der Waals surface area (Å²) in [5.74, 6) is 1.81. The number of nitrogens with two attached hydrogens (primary N) is 1. The van der Waals surface area contributed by atoms with Crippen LogP contribution in [0.25, 0.3) is 0 Å². The molecule has 0 saturated heterocycles. The van der Waals surface area contributed by atoms with Crippen LogP contribution in [0.4, 0.5) is 0 Å². The van der Waals surface area contributed by atoms with E-state index in [2.05, 4.69) is 29.8 Å². The Balaban J connectivity index is 1.81. The van der Waals surface area contributed by atoms with Gasteiger partial charge in [0.2, 0.25) is 0 Å². The van der Waals surface area contributed by atoms with Crippen molar-refractivity contribution in [3.63, 3.8) is 0 Å². The molecule has 1 heterocycles. The Kier molecular flexibility index (Phi) is 3.21. The van der Waals surface area contributed by atoms with Crippen molar-refractivity contribution in [1.82, 2.24) is 5.32 Å². The summed E-state index contributed by atoms with van der Waals surface area (Å²) in [5, 5.41) is 5.66. The molecule has 0 spiro atoms. The van der Waals surface area contributed by atoms with Crippen LogP contribution in [-0.4, -0.2) is 13.1 Å². The second-order valence-corrected chi connectivity index (χ2v) is 5.16. The van der Waals surface area contributed by atoms with Gasteiger partial charge in [-0.2, -0.15) is 0 Å². The van der Waals surface area contributed by atoms with E-state index in [-0.39, 0.29) is 0 Å². The molecule has 1 aromatic rings. The zero-order valence-corrected chi connectivity index (χ0v) is 9.39. The minimum Gasteiger partial charge on any atom is -0.329 e. The number of rotatable bonds is 5. The van der Waals surface area contributed by atoms with Crippen LogP contribution < -0.4 is 11.1 Å². The Labute approximate surface area is 89.5 Å². The first-order valence-electron chi connectivity index (χ1n) is 5.28. The van der Waals surface area contributed by atoms with Gasteiger partial charge in [-0.15, -0.1) is 11.3 Å². The van der Waals surface area contributed by atoms with Crippen LogP contribution >= 0.6 is 11.3 Å². The topological polar surface area (TPSA) is 38.0 Å². The molecule has 1 saturated carbocycles. The van der Waals surface area contributed by atoms with E-state index in [4.69, 9.17) is 5.73 Å². The lowest BCUT2D eigenvalue weighted by molar-refractivity contribution is 0.517. The maximum Gasteiger partial charge on any atom is 0.0539 e. The van der Waals surface area contributed by atoms with Crippen molar-refractivity contribution in [2.75, 3.05) is 13.1 Å². The van der Waals surface area contributed by atoms with Gasteiger partial charge in [0.1, 0.15) is 0 Å². The second-order valence-electron chi connectivity index (χ2n) is 4.19. The van der Waals surface area contributed by atoms with Gasteiger partial charge >= 0.3 is 0 Å². The molecule has 3 heteroatoms. The smallest absolute Gasteiger partial charge is 0.0539 e. The van der Waals surface area contributed by atoms with Gasteiger partial charge < -0.3 is 11.1 Å². The summed E-state index contributed by atoms with van der Waals surface area (Å²) in [5.41, 5.74) is 5.75. The number of nitrogens with one attached hydrogen (secondary N) is 1. The summed E-state index contributed by atoms with van der Waals surface area (Å²) < 4.78 is 0. The Morgan fingerprint density at radius 3 is 3.00 bits per heavy atom. The van der Waals surface area contributed by atoms with Crippen LogP contribution in [0.15, 0.2) is 17.5 Å². The molecule has 2 rings (SSSR count). The van der Waals surface area contributed by atoms with E-state index in [1.54, 1.807) is 11.3 Å². The lowest BCUT2D eigenvalue weighted by atomic mass is 10.2. The van der Waals surface area contributed by atoms with Crippen molar-refractivity contribution in [2.24, 2.45) is 17.6 Å². The Morgan fingerprint density at radius 2 is 2.50 bits per heavy atom. The standard InChI is InChI=1S/C11H18N2S/c1-8-5-9(8)7-13-10(6-12)11-3-2-4-14-11/h2-4,8-10,13H,5-7,12H2,1H3. The lowest BCUT2D eigenvalue weighted by Gasteiger charge is -2.14. The normalized spacial score (nSPS) is 27.6. The van der Waals surface area contributed by atoms with E-state index in [0.29, 0.717) is 12.6 Å². The molecule has 0 amide bonds. The molecule has 3 N–H and O–H groups in total. The van der Waals surface area contributed by atoms with Crippen molar-refractivity contribution >= 4 is 11.3 Å². The van der Waals surface area contributed by atoms with E-state index >= 15 is 0 Å². The van der Waals surface area contributed by atoms with Crippen molar-refractivity contribution < 1.29 is 0 Å². The first-order valence-corrected chi connectivity index (χ1v) is 6.16. The number of hydrogen-bond acceptors (Lipinski definition) is 3. The van der Waals surface area contributed by atoms with E-state index in [9.17, 15) is 0 Å². The number of hydrogen-bond donors (Lipinski definition) is 2. The first-order chi connectivity index (χ1) is 6.81. The fourth-order valence-electron chi connectivity index (χ4n) is 1.77. The monoisotopic (exact) mass is 210 g/mol. The van der Waals surface area contributed by atoms with Gasteiger partial charge in [-0.05, 0) is 36.2 Å². The SMILES string of the molecule is CC1CC1CNC(CN)c1cccs1. The molecule has 0 radical (unpaired) electrons. The van der Waals surface area contributed by atoms with Crippen molar-refractivity contribution in [3.05, 3.63) is 22.4 Å². The quantitative estimate of drug-likeness (QED) is 0.780. The van der Waals surface area contributed by atoms with Crippen LogP contribution in [-0.2, 0) is 0 Å². The highest BCUT2D eigenvalue weighted by Crippen LogP contribution is 2.37. The molecule has 3 atom stereocenters. The molecule has 0 aromatic carbocycles. The third-order valence-corrected chi connectivity index (χ3v) is 4.01. The fourth-order valence-corrected chi connectivity index (χ4v) is 2.58. The number of thiophene rings is 1. The molecule has 1 fully saturated rings. The second kappa shape index (κ2) is 4.43. The zero-order chi connectivity index (χ0) is 9.97. The summed E-state index contributed by atoms with van der Waals surface area (Å²) in [4.78, 5) is 1.36. The lowest BCUT2D eigenvalue weighted by Crippen LogP contribution is -2.29. The van der Waals surface area contributed by atoms with Gasteiger partial charge in [-0.1, -0.05) is 13.0 Å². The third kappa shape index (κ3) is 2.35. The van der Waals surface area contributed by atoms with E-state index in [0.717, 1.165) is 18.4 Å². The van der Waals surface area contributed by atoms with Gasteiger partial charge in [0.25, 0.3) is 0 Å². The molecule has 0 aliphatic heterocycles. The third-order valence-electron chi connectivity index (χ3n) is 3.02. The van der Waals surface area contributed by atoms with E-state index < -0.39 is 0 Å². The predicted molar refractivity (Wildman–Crippen MR) is 61.4 cm³/mol. The summed E-state index contributed by atoms with van der Waals surface area (Å²) >= 11 is 1.79. The molecular formula is C11H18N2S. The molecule has 3 unspecified atom stereocenters. The van der Waals surface area contributed by atoms with Crippen LogP contribution in [0.1, 0.15) is 24.3 Å². The Morgan fingerprint density at radius 1 is 1.71 bits per heavy atom. The maximum atomic E-state index is 5.75. The summed E-state index contributed by atoms with van der Waals surface area (Å²) in [7, 11) is 0. The molecule has 1 aliphatic rings. The maximum absolute atomic E-state index is 5.75. The van der Waals surface area contributed by atoms with Crippen LogP contribution in [0.3, 0.4) is 0 Å². The summed E-state index contributed by atoms with van der Waals surface area (Å²) in [6.07, 6.45) is 1.38. The molecule has 0 bridgehead atoms. The molecular weight excluding hydrogens is 192 g/mol. The average Bonchev–Trinajstić information content (AvgIpc) is 2.70. The van der Waals surface area contributed by atoms with Crippen molar-refractivity contribution in [1.29, 1.82) is 0 Å². The first kappa shape index (κ1) is 10.1. The minimum atomic E-state index is 0.364. The molecule has 2 nitrogen and oxygen atoms in total. The van der Waals surface area contributed by atoms with Gasteiger partial charge in [-0.25, -0.2) is 0 Å².